The number of halogens is 1. The Morgan fingerprint density at radius 3 is 2.82 bits per heavy atom. The highest BCUT2D eigenvalue weighted by molar-refractivity contribution is 5.96. The first kappa shape index (κ1) is 16.3. The molecule has 1 aliphatic heterocycles. The lowest BCUT2D eigenvalue weighted by molar-refractivity contribution is -0.117. The maximum absolute atomic E-state index is 12.2. The van der Waals surface area contributed by atoms with Crippen molar-refractivity contribution >= 4 is 24.0 Å². The van der Waals surface area contributed by atoms with Gasteiger partial charge >= 0.3 is 0 Å². The van der Waals surface area contributed by atoms with Crippen LogP contribution in [0.3, 0.4) is 0 Å². The molecule has 1 atom stereocenters. The molecule has 2 N–H and O–H groups in total. The number of rotatable bonds is 4. The summed E-state index contributed by atoms with van der Waals surface area (Å²) in [6.45, 7) is 0.885. The van der Waals surface area contributed by atoms with Gasteiger partial charge < -0.3 is 15.4 Å². The predicted octanol–water partition coefficient (Wildman–Crippen LogP) is 1.39. The summed E-state index contributed by atoms with van der Waals surface area (Å²) >= 11 is 0. The molecule has 2 aromatic rings. The molecule has 118 valence electrons. The van der Waals surface area contributed by atoms with E-state index in [1.807, 2.05) is 18.2 Å². The minimum Gasteiger partial charge on any atom is -0.495 e. The lowest BCUT2D eigenvalue weighted by Crippen LogP contribution is -2.35. The zero-order valence-electron chi connectivity index (χ0n) is 12.2. The van der Waals surface area contributed by atoms with E-state index in [1.165, 1.54) is 0 Å². The van der Waals surface area contributed by atoms with E-state index in [9.17, 15) is 4.79 Å². The quantitative estimate of drug-likeness (QED) is 0.888. The van der Waals surface area contributed by atoms with Crippen LogP contribution in [0, 0.1) is 0 Å². The summed E-state index contributed by atoms with van der Waals surface area (Å²) in [7, 11) is 1.58. The van der Waals surface area contributed by atoms with Crippen LogP contribution in [0.5, 0.6) is 5.75 Å². The summed E-state index contributed by atoms with van der Waals surface area (Å²) in [5.41, 5.74) is 1.50. The van der Waals surface area contributed by atoms with Crippen molar-refractivity contribution in [3.63, 3.8) is 0 Å². The van der Waals surface area contributed by atoms with Crippen LogP contribution < -0.4 is 15.4 Å². The first-order valence-electron chi connectivity index (χ1n) is 6.85. The Hall–Kier alpha value is -2.12. The van der Waals surface area contributed by atoms with Gasteiger partial charge in [0.25, 0.3) is 0 Å². The molecule has 2 heterocycles. The van der Waals surface area contributed by atoms with Crippen molar-refractivity contribution in [2.45, 2.75) is 18.9 Å². The van der Waals surface area contributed by atoms with Crippen LogP contribution in [0.4, 0.5) is 5.69 Å². The highest BCUT2D eigenvalue weighted by Gasteiger charge is 2.22. The van der Waals surface area contributed by atoms with Gasteiger partial charge in [-0.05, 0) is 37.6 Å². The monoisotopic (exact) mass is 323 g/mol. The number of carbonyl (C=O) groups is 1. The summed E-state index contributed by atoms with van der Waals surface area (Å²) in [4.78, 5) is 12.2. The number of nitrogens with one attached hydrogen (secondary N) is 2. The molecular weight excluding hydrogens is 306 g/mol. The summed E-state index contributed by atoms with van der Waals surface area (Å²) < 4.78 is 7.07. The molecule has 0 saturated carbocycles. The van der Waals surface area contributed by atoms with Gasteiger partial charge in [-0.25, -0.2) is 0 Å². The Labute approximate surface area is 134 Å². The van der Waals surface area contributed by atoms with Crippen molar-refractivity contribution in [1.29, 1.82) is 0 Å². The topological polar surface area (TPSA) is 81.1 Å². The number of nitrogens with zero attached hydrogens (tertiary/aromatic N) is 3. The highest BCUT2D eigenvalue weighted by Crippen LogP contribution is 2.27. The lowest BCUT2D eigenvalue weighted by Gasteiger charge is -2.15. The Bertz CT molecular complexity index is 626. The lowest BCUT2D eigenvalue weighted by atomic mass is 10.2. The summed E-state index contributed by atoms with van der Waals surface area (Å²) in [5.74, 6) is 0.588. The van der Waals surface area contributed by atoms with Crippen molar-refractivity contribution in [3.05, 3.63) is 30.9 Å². The zero-order valence-corrected chi connectivity index (χ0v) is 13.0. The van der Waals surface area contributed by atoms with E-state index in [2.05, 4.69) is 20.8 Å². The molecule has 0 spiro atoms. The van der Waals surface area contributed by atoms with Crippen LogP contribution in [-0.4, -0.2) is 40.4 Å². The third-order valence-electron chi connectivity index (χ3n) is 3.53. The molecule has 3 rings (SSSR count). The molecule has 22 heavy (non-hydrogen) atoms. The summed E-state index contributed by atoms with van der Waals surface area (Å²) in [6.07, 6.45) is 5.09. The number of ether oxygens (including phenoxy) is 1. The number of methoxy groups -OCH3 is 1. The van der Waals surface area contributed by atoms with E-state index in [0.717, 1.165) is 25.1 Å². The van der Waals surface area contributed by atoms with E-state index in [1.54, 1.807) is 24.3 Å². The van der Waals surface area contributed by atoms with E-state index >= 15 is 0 Å². The van der Waals surface area contributed by atoms with Gasteiger partial charge in [0.1, 0.15) is 18.4 Å². The minimum atomic E-state index is -0.131. The van der Waals surface area contributed by atoms with E-state index < -0.39 is 0 Å². The number of amides is 1. The van der Waals surface area contributed by atoms with Crippen molar-refractivity contribution < 1.29 is 9.53 Å². The molecule has 1 fully saturated rings. The van der Waals surface area contributed by atoms with Gasteiger partial charge in [0.05, 0.1) is 24.5 Å². The van der Waals surface area contributed by atoms with Crippen molar-refractivity contribution in [3.8, 4) is 11.4 Å². The second-order valence-corrected chi connectivity index (χ2v) is 4.89. The second kappa shape index (κ2) is 7.24. The average molecular weight is 324 g/mol. The number of carbonyl (C=O) groups excluding carboxylic acids is 1. The van der Waals surface area contributed by atoms with E-state index in [-0.39, 0.29) is 24.4 Å². The molecule has 1 aromatic heterocycles. The number of hydrogen-bond acceptors (Lipinski definition) is 5. The highest BCUT2D eigenvalue weighted by atomic mass is 35.5. The van der Waals surface area contributed by atoms with Crippen molar-refractivity contribution in [2.75, 3.05) is 19.0 Å². The van der Waals surface area contributed by atoms with Crippen LogP contribution in [0.15, 0.2) is 30.9 Å². The molecule has 0 aliphatic carbocycles. The standard InChI is InChI=1S/C14H17N5O2.ClH/c1-21-13-5-4-10(19-8-16-17-9-19)7-12(13)18-14(20)11-3-2-6-15-11;/h4-5,7-9,11,15H,2-3,6H2,1H3,(H,18,20);1H/t11-;/m1./s1. The second-order valence-electron chi connectivity index (χ2n) is 4.89. The van der Waals surface area contributed by atoms with E-state index in [0.29, 0.717) is 11.4 Å². The van der Waals surface area contributed by atoms with Crippen LogP contribution >= 0.6 is 12.4 Å². The van der Waals surface area contributed by atoms with Crippen LogP contribution in [0.25, 0.3) is 5.69 Å². The van der Waals surface area contributed by atoms with Gasteiger partial charge in [-0.2, -0.15) is 0 Å². The normalized spacial score (nSPS) is 16.9. The largest absolute Gasteiger partial charge is 0.495 e. The first-order chi connectivity index (χ1) is 10.3. The van der Waals surface area contributed by atoms with E-state index in [4.69, 9.17) is 4.74 Å². The molecule has 0 unspecified atom stereocenters. The number of hydrogen-bond donors (Lipinski definition) is 2. The molecule has 0 bridgehead atoms. The molecular formula is C14H18ClN5O2. The fourth-order valence-corrected chi connectivity index (χ4v) is 2.42. The fourth-order valence-electron chi connectivity index (χ4n) is 2.42. The summed E-state index contributed by atoms with van der Waals surface area (Å²) in [5, 5.41) is 13.7. The van der Waals surface area contributed by atoms with Gasteiger partial charge in [0.2, 0.25) is 5.91 Å². The zero-order chi connectivity index (χ0) is 14.7. The Morgan fingerprint density at radius 1 is 1.41 bits per heavy atom. The van der Waals surface area contributed by atoms with Gasteiger partial charge in [-0.15, -0.1) is 22.6 Å². The molecule has 1 amide bonds. The third-order valence-corrected chi connectivity index (χ3v) is 3.53. The smallest absolute Gasteiger partial charge is 0.241 e. The van der Waals surface area contributed by atoms with Crippen molar-refractivity contribution in [2.24, 2.45) is 0 Å². The molecule has 7 nitrogen and oxygen atoms in total. The number of aromatic nitrogens is 3. The SMILES string of the molecule is COc1ccc(-n2cnnc2)cc1NC(=O)[C@H]1CCCN1.Cl. The van der Waals surface area contributed by atoms with Crippen molar-refractivity contribution in [1.82, 2.24) is 20.1 Å². The maximum Gasteiger partial charge on any atom is 0.241 e. The maximum atomic E-state index is 12.2. The minimum absolute atomic E-state index is 0. The third kappa shape index (κ3) is 3.37. The van der Waals surface area contributed by atoms with Gasteiger partial charge in [-0.1, -0.05) is 0 Å². The molecule has 1 aromatic carbocycles. The average Bonchev–Trinajstić information content (AvgIpc) is 3.20. The Morgan fingerprint density at radius 2 is 2.18 bits per heavy atom. The fraction of sp³-hybridized carbons (Fsp3) is 0.357. The van der Waals surface area contributed by atoms with Crippen LogP contribution in [0.1, 0.15) is 12.8 Å². The predicted molar refractivity (Wildman–Crippen MR) is 84.8 cm³/mol. The number of anilines is 1. The van der Waals surface area contributed by atoms with Gasteiger partial charge in [-0.3, -0.25) is 9.36 Å². The molecule has 8 heteroatoms. The molecule has 1 aliphatic rings. The van der Waals surface area contributed by atoms with Gasteiger partial charge in [0.15, 0.2) is 0 Å². The Balaban J connectivity index is 0.00000176. The number of benzene rings is 1. The molecule has 1 saturated heterocycles. The Kier molecular flexibility index (Phi) is 5.35. The van der Waals surface area contributed by atoms with Crippen LogP contribution in [0.2, 0.25) is 0 Å². The molecule has 0 radical (unpaired) electrons. The van der Waals surface area contributed by atoms with Gasteiger partial charge in [0, 0.05) is 0 Å². The first-order valence-corrected chi connectivity index (χ1v) is 6.85. The van der Waals surface area contributed by atoms with Crippen LogP contribution in [-0.2, 0) is 4.79 Å². The summed E-state index contributed by atoms with van der Waals surface area (Å²) in [6, 6.07) is 5.40.